The molecule has 19 heavy (non-hydrogen) atoms. The fourth-order valence-corrected chi connectivity index (χ4v) is 0.885. The van der Waals surface area contributed by atoms with Crippen LogP contribution in [-0.4, -0.2) is 80.1 Å². The quantitative estimate of drug-likeness (QED) is 0.296. The Labute approximate surface area is 129 Å². The van der Waals surface area contributed by atoms with Gasteiger partial charge in [-0.15, -0.1) is 0 Å². The first-order chi connectivity index (χ1) is 6.82. The van der Waals surface area contributed by atoms with Gasteiger partial charge in [0.1, 0.15) is 0 Å². The van der Waals surface area contributed by atoms with Crippen molar-refractivity contribution in [1.82, 2.24) is 0 Å². The molecule has 0 fully saturated rings. The molecule has 0 amide bonds. The molecule has 0 aromatic heterocycles. The van der Waals surface area contributed by atoms with Crippen LogP contribution < -0.4 is 0 Å². The number of aliphatic carboxylic acids is 2. The third kappa shape index (κ3) is 17.0. The minimum atomic E-state index is -1.34. The van der Waals surface area contributed by atoms with Gasteiger partial charge in [-0.2, -0.15) is 0 Å². The Balaban J connectivity index is -0.000000163. The number of esters is 2. The van der Waals surface area contributed by atoms with E-state index in [1.807, 2.05) is 0 Å². The average Bonchev–Trinajstić information content (AvgIpc) is 1.99. The summed E-state index contributed by atoms with van der Waals surface area (Å²) in [6.07, 6.45) is -1.36. The van der Waals surface area contributed by atoms with E-state index in [0.717, 1.165) is 6.92 Å². The molecule has 0 radical (unpaired) electrons. The van der Waals surface area contributed by atoms with E-state index in [1.165, 1.54) is 0 Å². The zero-order chi connectivity index (χ0) is 12.0. The topological polar surface area (TPSA) is 212 Å². The van der Waals surface area contributed by atoms with E-state index in [4.69, 9.17) is 10.2 Å². The van der Waals surface area contributed by atoms with Crippen molar-refractivity contribution in [3.8, 4) is 0 Å². The molecular formula is C8H17NaO10. The molecule has 0 aromatic carbocycles. The first-order valence-electron chi connectivity index (χ1n) is 3.98. The predicted octanol–water partition coefficient (Wildman–Crippen LogP) is -3.48. The first kappa shape index (κ1) is 30.8. The van der Waals surface area contributed by atoms with Crippen molar-refractivity contribution >= 4 is 53.4 Å². The molecule has 0 saturated carbocycles. The summed E-state index contributed by atoms with van der Waals surface area (Å²) in [4.78, 5) is 42.0. The van der Waals surface area contributed by atoms with Gasteiger partial charge in [0, 0.05) is 6.92 Å². The van der Waals surface area contributed by atoms with Crippen molar-refractivity contribution in [2.45, 2.75) is 19.8 Å². The van der Waals surface area contributed by atoms with Gasteiger partial charge < -0.3 is 31.4 Å². The number of carbonyl (C=O) groups is 4. The van der Waals surface area contributed by atoms with E-state index in [-0.39, 0.29) is 46.0 Å². The van der Waals surface area contributed by atoms with Gasteiger partial charge in [-0.3, -0.25) is 19.2 Å². The SMILES string of the molecule is CC(=O)OC(=O)C(CC(=O)O)CC(=O)O.O.O.O.[NaH]. The molecular weight excluding hydrogens is 279 g/mol. The van der Waals surface area contributed by atoms with Gasteiger partial charge in [0.25, 0.3) is 0 Å². The van der Waals surface area contributed by atoms with E-state index in [1.54, 1.807) is 0 Å². The van der Waals surface area contributed by atoms with Crippen LogP contribution in [0.2, 0.25) is 0 Å². The maximum absolute atomic E-state index is 11.1. The average molecular weight is 296 g/mol. The van der Waals surface area contributed by atoms with Gasteiger partial charge in [0.15, 0.2) is 0 Å². The molecule has 110 valence electrons. The summed E-state index contributed by atoms with van der Waals surface area (Å²) in [6, 6.07) is 0. The van der Waals surface area contributed by atoms with Gasteiger partial charge in [0.05, 0.1) is 18.8 Å². The summed E-state index contributed by atoms with van der Waals surface area (Å²) < 4.78 is 4.11. The molecule has 11 heteroatoms. The normalized spacial score (nSPS) is 7.68. The molecule has 0 rings (SSSR count). The molecule has 0 aliphatic carbocycles. The number of hydrogen-bond acceptors (Lipinski definition) is 5. The van der Waals surface area contributed by atoms with Crippen molar-refractivity contribution in [3.05, 3.63) is 0 Å². The second kappa shape index (κ2) is 15.0. The summed E-state index contributed by atoms with van der Waals surface area (Å²) in [5, 5.41) is 16.8. The van der Waals surface area contributed by atoms with E-state index in [9.17, 15) is 19.2 Å². The van der Waals surface area contributed by atoms with E-state index in [2.05, 4.69) is 4.74 Å². The summed E-state index contributed by atoms with van der Waals surface area (Å²) in [6.45, 7) is 0.969. The molecule has 0 aromatic rings. The number of carboxylic acid groups (broad SMARTS) is 2. The Hall–Kier alpha value is -1.04. The van der Waals surface area contributed by atoms with Gasteiger partial charge in [-0.05, 0) is 0 Å². The molecule has 8 N–H and O–H groups in total. The third-order valence-corrected chi connectivity index (χ3v) is 1.42. The fraction of sp³-hybridized carbons (Fsp3) is 0.500. The molecule has 0 heterocycles. The van der Waals surface area contributed by atoms with Crippen LogP contribution in [0, 0.1) is 5.92 Å². The van der Waals surface area contributed by atoms with Crippen molar-refractivity contribution in [3.63, 3.8) is 0 Å². The van der Waals surface area contributed by atoms with E-state index < -0.39 is 42.6 Å². The van der Waals surface area contributed by atoms with Crippen molar-refractivity contribution in [2.75, 3.05) is 0 Å². The molecule has 0 spiro atoms. The zero-order valence-corrected chi connectivity index (χ0v) is 9.43. The van der Waals surface area contributed by atoms with Crippen molar-refractivity contribution in [1.29, 1.82) is 0 Å². The van der Waals surface area contributed by atoms with Crippen molar-refractivity contribution < 1.29 is 50.6 Å². The number of hydrogen-bond donors (Lipinski definition) is 2. The van der Waals surface area contributed by atoms with Crippen LogP contribution in [0.1, 0.15) is 19.8 Å². The fourth-order valence-electron chi connectivity index (χ4n) is 0.885. The zero-order valence-electron chi connectivity index (χ0n) is 9.43. The van der Waals surface area contributed by atoms with Crippen LogP contribution in [0.25, 0.3) is 0 Å². The second-order valence-electron chi connectivity index (χ2n) is 2.81. The molecule has 0 saturated heterocycles. The second-order valence-corrected chi connectivity index (χ2v) is 2.81. The number of carbonyl (C=O) groups excluding carboxylic acids is 2. The summed E-state index contributed by atoms with van der Waals surface area (Å²) >= 11 is 0. The molecule has 0 aliphatic heterocycles. The minimum absolute atomic E-state index is 0. The molecule has 0 bridgehead atoms. The van der Waals surface area contributed by atoms with Gasteiger partial charge in [-0.1, -0.05) is 0 Å². The monoisotopic (exact) mass is 296 g/mol. The van der Waals surface area contributed by atoms with Crippen LogP contribution in [0.15, 0.2) is 0 Å². The summed E-state index contributed by atoms with van der Waals surface area (Å²) in [5.74, 6) is -6.04. The molecule has 0 aliphatic rings. The van der Waals surface area contributed by atoms with Gasteiger partial charge in [0.2, 0.25) is 0 Å². The third-order valence-electron chi connectivity index (χ3n) is 1.42. The van der Waals surface area contributed by atoms with Gasteiger partial charge in [-0.25, -0.2) is 0 Å². The standard InChI is InChI=1S/C8H10O7.Na.3H2O.H/c1-4(9)15-8(14)5(2-6(10)11)3-7(12)13;;;;;/h5H,2-3H2,1H3,(H,10,11)(H,12,13);;3*1H2;. The van der Waals surface area contributed by atoms with Crippen molar-refractivity contribution in [2.24, 2.45) is 5.92 Å². The Bertz CT molecular complexity index is 286. The summed E-state index contributed by atoms with van der Waals surface area (Å²) in [5.41, 5.74) is 0. The van der Waals surface area contributed by atoms with Crippen LogP contribution in [0.5, 0.6) is 0 Å². The van der Waals surface area contributed by atoms with Crippen LogP contribution in [0.4, 0.5) is 0 Å². The van der Waals surface area contributed by atoms with Gasteiger partial charge >= 0.3 is 53.4 Å². The Morgan fingerprint density at radius 1 is 0.947 bits per heavy atom. The Kier molecular flexibility index (Phi) is 24.3. The predicted molar refractivity (Wildman–Crippen MR) is 62.8 cm³/mol. The number of rotatable bonds is 5. The van der Waals surface area contributed by atoms with Crippen LogP contribution >= 0.6 is 0 Å². The molecule has 0 atom stereocenters. The summed E-state index contributed by atoms with van der Waals surface area (Å²) in [7, 11) is 0. The number of carboxylic acids is 2. The van der Waals surface area contributed by atoms with Crippen LogP contribution in [0.3, 0.4) is 0 Å². The maximum atomic E-state index is 11.1. The Morgan fingerprint density at radius 2 is 1.26 bits per heavy atom. The Morgan fingerprint density at radius 3 is 1.47 bits per heavy atom. The number of ether oxygens (including phenoxy) is 1. The van der Waals surface area contributed by atoms with E-state index >= 15 is 0 Å². The molecule has 10 nitrogen and oxygen atoms in total. The van der Waals surface area contributed by atoms with E-state index in [0.29, 0.717) is 0 Å². The first-order valence-corrected chi connectivity index (χ1v) is 3.98. The van der Waals surface area contributed by atoms with Crippen LogP contribution in [-0.2, 0) is 23.9 Å². The molecule has 0 unspecified atom stereocenters.